The van der Waals surface area contributed by atoms with Crippen LogP contribution in [-0.4, -0.2) is 35.4 Å². The maximum Gasteiger partial charge on any atom is 0.270 e. The third-order valence-corrected chi connectivity index (χ3v) is 4.38. The minimum Gasteiger partial charge on any atom is -0.354 e. The van der Waals surface area contributed by atoms with Gasteiger partial charge in [0.2, 0.25) is 0 Å². The first kappa shape index (κ1) is 15.8. The third-order valence-electron chi connectivity index (χ3n) is 4.38. The molecule has 0 aliphatic carbocycles. The van der Waals surface area contributed by atoms with E-state index in [1.54, 1.807) is 4.90 Å². The molecule has 2 heterocycles. The smallest absolute Gasteiger partial charge is 0.270 e. The highest BCUT2D eigenvalue weighted by Crippen LogP contribution is 2.22. The summed E-state index contributed by atoms with van der Waals surface area (Å²) in [7, 11) is 1.85. The van der Waals surface area contributed by atoms with E-state index in [-0.39, 0.29) is 11.9 Å². The van der Waals surface area contributed by atoms with E-state index in [0.717, 1.165) is 18.5 Å². The molecule has 3 N–H and O–H groups in total. The summed E-state index contributed by atoms with van der Waals surface area (Å²) in [4.78, 5) is 17.4. The van der Waals surface area contributed by atoms with Crippen molar-refractivity contribution in [3.8, 4) is 0 Å². The number of aryl methyl sites for hydroxylation is 1. The highest BCUT2D eigenvalue weighted by Gasteiger charge is 2.27. The number of H-pyrrole nitrogens is 1. The van der Waals surface area contributed by atoms with Crippen LogP contribution in [0, 0.1) is 0 Å². The zero-order chi connectivity index (χ0) is 16.2. The average Bonchev–Trinajstić information content (AvgIpc) is 3.24. The Labute approximate surface area is 137 Å². The van der Waals surface area contributed by atoms with E-state index in [1.165, 1.54) is 5.56 Å². The molecule has 0 spiro atoms. The topological polar surface area (TPSA) is 60.2 Å². The summed E-state index contributed by atoms with van der Waals surface area (Å²) >= 11 is 0. The van der Waals surface area contributed by atoms with Crippen molar-refractivity contribution < 1.29 is 4.79 Å². The minimum atomic E-state index is 0.0367. The van der Waals surface area contributed by atoms with E-state index in [0.29, 0.717) is 18.3 Å². The van der Waals surface area contributed by atoms with Gasteiger partial charge in [0.15, 0.2) is 0 Å². The van der Waals surface area contributed by atoms with Gasteiger partial charge in [0.1, 0.15) is 5.69 Å². The maximum atomic E-state index is 12.5. The molecule has 2 aromatic rings. The molecule has 0 saturated carbocycles. The highest BCUT2D eigenvalue weighted by molar-refractivity contribution is 5.92. The highest BCUT2D eigenvalue weighted by atomic mass is 16.2. The first-order valence-corrected chi connectivity index (χ1v) is 8.16. The van der Waals surface area contributed by atoms with Crippen LogP contribution < -0.4 is 10.9 Å². The first-order valence-electron chi connectivity index (χ1n) is 8.16. The fraction of sp³-hybridized carbons (Fsp3) is 0.389. The second-order valence-electron chi connectivity index (χ2n) is 6.12. The van der Waals surface area contributed by atoms with Crippen LogP contribution in [0.4, 0.5) is 0 Å². The summed E-state index contributed by atoms with van der Waals surface area (Å²) in [5.41, 5.74) is 9.65. The molecule has 1 amide bonds. The molecule has 1 aliphatic heterocycles. The second kappa shape index (κ2) is 6.98. The number of hydrazine groups is 1. The molecule has 1 aromatic carbocycles. The second-order valence-corrected chi connectivity index (χ2v) is 6.12. The summed E-state index contributed by atoms with van der Waals surface area (Å²) < 4.78 is 0. The van der Waals surface area contributed by atoms with Gasteiger partial charge in [-0.25, -0.2) is 5.43 Å². The van der Waals surface area contributed by atoms with Crippen LogP contribution in [0.15, 0.2) is 42.5 Å². The zero-order valence-electron chi connectivity index (χ0n) is 13.7. The zero-order valence-corrected chi connectivity index (χ0v) is 13.7. The Balaban J connectivity index is 1.56. The van der Waals surface area contributed by atoms with Gasteiger partial charge < -0.3 is 9.88 Å². The Bertz CT molecular complexity index is 652. The molecular weight excluding hydrogens is 288 g/mol. The number of hydrogen-bond acceptors (Lipinski definition) is 3. The molecule has 5 heteroatoms. The van der Waals surface area contributed by atoms with Crippen molar-refractivity contribution in [3.63, 3.8) is 0 Å². The van der Waals surface area contributed by atoms with E-state index < -0.39 is 0 Å². The van der Waals surface area contributed by atoms with Gasteiger partial charge in [0.05, 0.1) is 0 Å². The SMILES string of the molecule is CCc1ccc(C(=O)N(C)CC2CC(c3ccccc3)NN2)[nH]1. The van der Waals surface area contributed by atoms with Crippen molar-refractivity contribution in [3.05, 3.63) is 59.4 Å². The van der Waals surface area contributed by atoms with Crippen LogP contribution >= 0.6 is 0 Å². The van der Waals surface area contributed by atoms with Crippen molar-refractivity contribution in [1.29, 1.82) is 0 Å². The van der Waals surface area contributed by atoms with E-state index in [4.69, 9.17) is 0 Å². The van der Waals surface area contributed by atoms with Gasteiger partial charge >= 0.3 is 0 Å². The quantitative estimate of drug-likeness (QED) is 0.793. The standard InChI is InChI=1S/C18H24N4O/c1-3-14-9-10-16(19-14)18(23)22(2)12-15-11-17(21-20-15)13-7-5-4-6-8-13/h4-10,15,17,19-21H,3,11-12H2,1-2H3. The monoisotopic (exact) mass is 312 g/mol. The van der Waals surface area contributed by atoms with Crippen molar-refractivity contribution >= 4 is 5.91 Å². The van der Waals surface area contributed by atoms with E-state index in [1.807, 2.05) is 25.2 Å². The molecule has 0 bridgehead atoms. The molecule has 1 saturated heterocycles. The summed E-state index contributed by atoms with van der Waals surface area (Å²) in [6.07, 6.45) is 1.87. The fourth-order valence-corrected chi connectivity index (χ4v) is 3.04. The number of carbonyl (C=O) groups is 1. The van der Waals surface area contributed by atoms with Crippen LogP contribution in [0.1, 0.15) is 41.1 Å². The normalized spacial score (nSPS) is 20.6. The molecular formula is C18H24N4O. The molecule has 3 rings (SSSR count). The van der Waals surface area contributed by atoms with Crippen LogP contribution in [0.2, 0.25) is 0 Å². The molecule has 122 valence electrons. The van der Waals surface area contributed by atoms with Crippen LogP contribution in [0.5, 0.6) is 0 Å². The van der Waals surface area contributed by atoms with E-state index in [9.17, 15) is 4.79 Å². The number of carbonyl (C=O) groups excluding carboxylic acids is 1. The Morgan fingerprint density at radius 3 is 2.65 bits per heavy atom. The minimum absolute atomic E-state index is 0.0367. The maximum absolute atomic E-state index is 12.5. The number of nitrogens with one attached hydrogen (secondary N) is 3. The van der Waals surface area contributed by atoms with Crippen LogP contribution in [0.25, 0.3) is 0 Å². The number of amides is 1. The third kappa shape index (κ3) is 3.63. The summed E-state index contributed by atoms with van der Waals surface area (Å²) in [5.74, 6) is 0.0367. The molecule has 1 fully saturated rings. The van der Waals surface area contributed by atoms with Crippen LogP contribution in [0.3, 0.4) is 0 Å². The van der Waals surface area contributed by atoms with Crippen molar-refractivity contribution in [2.24, 2.45) is 0 Å². The van der Waals surface area contributed by atoms with Gasteiger partial charge in [0, 0.05) is 31.4 Å². The Morgan fingerprint density at radius 2 is 1.96 bits per heavy atom. The lowest BCUT2D eigenvalue weighted by Crippen LogP contribution is -2.41. The largest absolute Gasteiger partial charge is 0.354 e. The number of likely N-dealkylation sites (N-methyl/N-ethyl adjacent to an activating group) is 1. The first-order chi connectivity index (χ1) is 11.2. The van der Waals surface area contributed by atoms with Crippen molar-refractivity contribution in [1.82, 2.24) is 20.7 Å². The molecule has 2 unspecified atom stereocenters. The lowest BCUT2D eigenvalue weighted by Gasteiger charge is -2.20. The van der Waals surface area contributed by atoms with Gasteiger partial charge in [-0.15, -0.1) is 0 Å². The number of aromatic amines is 1. The summed E-state index contributed by atoms with van der Waals surface area (Å²) in [6.45, 7) is 2.75. The van der Waals surface area contributed by atoms with Gasteiger partial charge in [0.25, 0.3) is 5.91 Å². The number of nitrogens with zero attached hydrogens (tertiary/aromatic N) is 1. The lowest BCUT2D eigenvalue weighted by molar-refractivity contribution is 0.0777. The van der Waals surface area contributed by atoms with Crippen molar-refractivity contribution in [2.45, 2.75) is 31.8 Å². The molecule has 2 atom stereocenters. The molecule has 23 heavy (non-hydrogen) atoms. The lowest BCUT2D eigenvalue weighted by atomic mass is 10.0. The van der Waals surface area contributed by atoms with Gasteiger partial charge in [-0.3, -0.25) is 10.2 Å². The Hall–Kier alpha value is -2.11. The summed E-state index contributed by atoms with van der Waals surface area (Å²) in [6, 6.07) is 14.8. The Morgan fingerprint density at radius 1 is 1.17 bits per heavy atom. The van der Waals surface area contributed by atoms with Gasteiger partial charge in [-0.1, -0.05) is 37.3 Å². The van der Waals surface area contributed by atoms with E-state index >= 15 is 0 Å². The fourth-order valence-electron chi connectivity index (χ4n) is 3.04. The van der Waals surface area contributed by atoms with E-state index in [2.05, 4.69) is 47.0 Å². The molecule has 5 nitrogen and oxygen atoms in total. The molecule has 0 radical (unpaired) electrons. The predicted octanol–water partition coefficient (Wildman–Crippen LogP) is 2.26. The molecule has 1 aromatic heterocycles. The van der Waals surface area contributed by atoms with Crippen LogP contribution in [-0.2, 0) is 6.42 Å². The van der Waals surface area contributed by atoms with Gasteiger partial charge in [-0.05, 0) is 30.5 Å². The van der Waals surface area contributed by atoms with Gasteiger partial charge in [-0.2, -0.15) is 0 Å². The number of benzene rings is 1. The number of rotatable bonds is 5. The molecule has 1 aliphatic rings. The predicted molar refractivity (Wildman–Crippen MR) is 91.0 cm³/mol. The number of hydrogen-bond donors (Lipinski definition) is 3. The number of aromatic nitrogens is 1. The summed E-state index contributed by atoms with van der Waals surface area (Å²) in [5, 5.41) is 0. The Kier molecular flexibility index (Phi) is 4.79. The van der Waals surface area contributed by atoms with Crippen molar-refractivity contribution in [2.75, 3.05) is 13.6 Å². The average molecular weight is 312 g/mol.